The molecule has 0 spiro atoms. The number of amides is 1. The zero-order chi connectivity index (χ0) is 10.3. The molecule has 1 aliphatic heterocycles. The van der Waals surface area contributed by atoms with Crippen LogP contribution < -0.4 is 0 Å². The van der Waals surface area contributed by atoms with Crippen LogP contribution in [0.1, 0.15) is 20.8 Å². The molecule has 2 aliphatic rings. The van der Waals surface area contributed by atoms with Crippen LogP contribution in [0.25, 0.3) is 0 Å². The van der Waals surface area contributed by atoms with Crippen molar-refractivity contribution in [3.05, 3.63) is 34.9 Å². The summed E-state index contributed by atoms with van der Waals surface area (Å²) in [6.07, 6.45) is 5.77. The number of aliphatic imine (C=N–C) groups is 1. The molecule has 0 aromatic heterocycles. The van der Waals surface area contributed by atoms with Gasteiger partial charge in [0.25, 0.3) is 5.91 Å². The Labute approximate surface area is 83.7 Å². The van der Waals surface area contributed by atoms with Gasteiger partial charge >= 0.3 is 0 Å². The molecule has 1 aliphatic carbocycles. The first kappa shape index (κ1) is 9.13. The van der Waals surface area contributed by atoms with E-state index in [2.05, 4.69) is 18.0 Å². The van der Waals surface area contributed by atoms with Gasteiger partial charge in [0.2, 0.25) is 0 Å². The van der Waals surface area contributed by atoms with E-state index in [-0.39, 0.29) is 11.8 Å². The van der Waals surface area contributed by atoms with Crippen molar-refractivity contribution in [3.8, 4) is 0 Å². The first-order valence-electron chi connectivity index (χ1n) is 4.75. The van der Waals surface area contributed by atoms with E-state index in [0.29, 0.717) is 0 Å². The van der Waals surface area contributed by atoms with Crippen LogP contribution in [0.5, 0.6) is 0 Å². The molecule has 1 atom stereocenters. The summed E-state index contributed by atoms with van der Waals surface area (Å²) in [4.78, 5) is 15.3. The molecule has 14 heavy (non-hydrogen) atoms. The highest BCUT2D eigenvalue weighted by molar-refractivity contribution is 6.12. The predicted octanol–water partition coefficient (Wildman–Crippen LogP) is 2.44. The zero-order valence-corrected chi connectivity index (χ0v) is 8.66. The second kappa shape index (κ2) is 3.05. The van der Waals surface area contributed by atoms with E-state index >= 15 is 0 Å². The molecule has 1 unspecified atom stereocenters. The van der Waals surface area contributed by atoms with E-state index in [0.717, 1.165) is 11.3 Å². The average Bonchev–Trinajstić information content (AvgIpc) is 1.99. The molecule has 0 bridgehead atoms. The molecule has 0 aromatic rings. The molecule has 2 nitrogen and oxygen atoms in total. The lowest BCUT2D eigenvalue weighted by Crippen LogP contribution is -2.23. The van der Waals surface area contributed by atoms with Crippen molar-refractivity contribution in [2.24, 2.45) is 10.9 Å². The van der Waals surface area contributed by atoms with Crippen molar-refractivity contribution in [2.45, 2.75) is 20.8 Å². The Bertz CT molecular complexity index is 422. The van der Waals surface area contributed by atoms with E-state index in [9.17, 15) is 4.79 Å². The summed E-state index contributed by atoms with van der Waals surface area (Å²) in [5, 5.41) is 0. The van der Waals surface area contributed by atoms with Gasteiger partial charge in [0, 0.05) is 12.0 Å². The Morgan fingerprint density at radius 1 is 1.07 bits per heavy atom. The van der Waals surface area contributed by atoms with Crippen molar-refractivity contribution in [1.29, 1.82) is 0 Å². The van der Waals surface area contributed by atoms with Crippen molar-refractivity contribution in [2.75, 3.05) is 0 Å². The van der Waals surface area contributed by atoms with Crippen molar-refractivity contribution in [1.82, 2.24) is 0 Å². The topological polar surface area (TPSA) is 29.4 Å². The van der Waals surface area contributed by atoms with Crippen molar-refractivity contribution >= 4 is 11.6 Å². The highest BCUT2D eigenvalue weighted by Crippen LogP contribution is 2.30. The average molecular weight is 187 g/mol. The fourth-order valence-corrected chi connectivity index (χ4v) is 2.16. The minimum absolute atomic E-state index is 0.132. The van der Waals surface area contributed by atoms with Gasteiger partial charge in [-0.2, -0.15) is 0 Å². The SMILES string of the molecule is CC1=CC2=NC(=O)C=C(C)C2C(C)=C1. The number of dihydropyridines is 1. The maximum absolute atomic E-state index is 11.2. The third kappa shape index (κ3) is 1.37. The van der Waals surface area contributed by atoms with Gasteiger partial charge in [0.05, 0.1) is 5.71 Å². The van der Waals surface area contributed by atoms with Gasteiger partial charge in [-0.05, 0) is 32.4 Å². The van der Waals surface area contributed by atoms with Gasteiger partial charge in [-0.25, -0.2) is 4.99 Å². The molecule has 2 heteroatoms. The largest absolute Gasteiger partial charge is 0.269 e. The van der Waals surface area contributed by atoms with Crippen LogP contribution in [0.15, 0.2) is 39.9 Å². The Balaban J connectivity index is 2.51. The fourth-order valence-electron chi connectivity index (χ4n) is 2.16. The zero-order valence-electron chi connectivity index (χ0n) is 8.66. The maximum Gasteiger partial charge on any atom is 0.269 e. The number of hydrogen-bond acceptors (Lipinski definition) is 1. The number of nitrogens with zero attached hydrogens (tertiary/aromatic N) is 1. The first-order valence-corrected chi connectivity index (χ1v) is 4.75. The van der Waals surface area contributed by atoms with E-state index in [1.807, 2.05) is 19.9 Å². The third-order valence-corrected chi connectivity index (χ3v) is 2.63. The summed E-state index contributed by atoms with van der Waals surface area (Å²) in [6, 6.07) is 0. The molecule has 0 saturated carbocycles. The molecule has 1 amide bonds. The summed E-state index contributed by atoms with van der Waals surface area (Å²) < 4.78 is 0. The van der Waals surface area contributed by atoms with Crippen LogP contribution in [0, 0.1) is 5.92 Å². The molecule has 0 saturated heterocycles. The van der Waals surface area contributed by atoms with Crippen LogP contribution >= 0.6 is 0 Å². The van der Waals surface area contributed by atoms with Crippen molar-refractivity contribution < 1.29 is 4.79 Å². The lowest BCUT2D eigenvalue weighted by atomic mass is 9.81. The second-order valence-electron chi connectivity index (χ2n) is 3.97. The van der Waals surface area contributed by atoms with E-state index in [1.165, 1.54) is 11.1 Å². The standard InChI is InChI=1S/C12H13NO/c1-7-4-8(2)12-9(3)6-11(14)13-10(12)5-7/h4-6,12H,1-3H3. The lowest BCUT2D eigenvalue weighted by molar-refractivity contribution is -0.113. The van der Waals surface area contributed by atoms with Gasteiger partial charge in [0.1, 0.15) is 0 Å². The molecule has 0 N–H and O–H groups in total. The quantitative estimate of drug-likeness (QED) is 0.572. The highest BCUT2D eigenvalue weighted by atomic mass is 16.1. The normalized spacial score (nSPS) is 25.9. The maximum atomic E-state index is 11.2. The van der Waals surface area contributed by atoms with Gasteiger partial charge < -0.3 is 0 Å². The number of carbonyl (C=O) groups excluding carboxylic acids is 1. The monoisotopic (exact) mass is 187 g/mol. The van der Waals surface area contributed by atoms with Gasteiger partial charge in [-0.3, -0.25) is 4.79 Å². The summed E-state index contributed by atoms with van der Waals surface area (Å²) in [6.45, 7) is 6.10. The summed E-state index contributed by atoms with van der Waals surface area (Å²) in [5.41, 5.74) is 4.43. The molecular weight excluding hydrogens is 174 g/mol. The van der Waals surface area contributed by atoms with E-state index < -0.39 is 0 Å². The van der Waals surface area contributed by atoms with E-state index in [1.54, 1.807) is 6.08 Å². The molecule has 0 fully saturated rings. The smallest absolute Gasteiger partial charge is 0.267 e. The molecule has 1 heterocycles. The fraction of sp³-hybridized carbons (Fsp3) is 0.333. The molecule has 2 rings (SSSR count). The van der Waals surface area contributed by atoms with Gasteiger partial charge in [0.15, 0.2) is 0 Å². The number of rotatable bonds is 0. The van der Waals surface area contributed by atoms with Gasteiger partial charge in [-0.15, -0.1) is 0 Å². The number of allylic oxidation sites excluding steroid dienone is 5. The Morgan fingerprint density at radius 2 is 1.71 bits per heavy atom. The van der Waals surface area contributed by atoms with Gasteiger partial charge in [-0.1, -0.05) is 17.2 Å². The van der Waals surface area contributed by atoms with Crippen LogP contribution in [0.4, 0.5) is 0 Å². The predicted molar refractivity (Wildman–Crippen MR) is 57.2 cm³/mol. The van der Waals surface area contributed by atoms with Crippen LogP contribution in [-0.2, 0) is 4.79 Å². The van der Waals surface area contributed by atoms with Crippen LogP contribution in [0.3, 0.4) is 0 Å². The Morgan fingerprint density at radius 3 is 2.43 bits per heavy atom. The second-order valence-corrected chi connectivity index (χ2v) is 3.97. The number of fused-ring (bicyclic) bond motifs is 1. The Hall–Kier alpha value is -1.44. The number of hydrogen-bond donors (Lipinski definition) is 0. The van der Waals surface area contributed by atoms with Crippen molar-refractivity contribution in [3.63, 3.8) is 0 Å². The molecule has 72 valence electrons. The Kier molecular flexibility index (Phi) is 1.99. The van der Waals surface area contributed by atoms with Crippen LogP contribution in [0.2, 0.25) is 0 Å². The summed E-state index contributed by atoms with van der Waals surface area (Å²) in [5.74, 6) is 0.101. The van der Waals surface area contributed by atoms with E-state index in [4.69, 9.17) is 0 Å². The lowest BCUT2D eigenvalue weighted by Gasteiger charge is -2.25. The highest BCUT2D eigenvalue weighted by Gasteiger charge is 2.25. The molecule has 0 aromatic carbocycles. The number of carbonyl (C=O) groups is 1. The minimum atomic E-state index is -0.132. The minimum Gasteiger partial charge on any atom is -0.267 e. The molecule has 0 radical (unpaired) electrons. The first-order chi connectivity index (χ1) is 6.58. The summed E-state index contributed by atoms with van der Waals surface area (Å²) in [7, 11) is 0. The van der Waals surface area contributed by atoms with Crippen LogP contribution in [-0.4, -0.2) is 11.6 Å². The molecular formula is C12H13NO. The third-order valence-electron chi connectivity index (χ3n) is 2.63. The summed E-state index contributed by atoms with van der Waals surface area (Å²) >= 11 is 0.